The van der Waals surface area contributed by atoms with Crippen molar-refractivity contribution in [2.24, 2.45) is 4.99 Å². The summed E-state index contributed by atoms with van der Waals surface area (Å²) in [6, 6.07) is 10.2. The van der Waals surface area contributed by atoms with Gasteiger partial charge in [0, 0.05) is 35.7 Å². The van der Waals surface area contributed by atoms with Crippen LogP contribution in [0.5, 0.6) is 5.88 Å². The average molecular weight is 408 g/mol. The van der Waals surface area contributed by atoms with E-state index in [9.17, 15) is 9.50 Å². The van der Waals surface area contributed by atoms with E-state index < -0.39 is 0 Å². The maximum absolute atomic E-state index is 13.6. The normalized spacial score (nSPS) is 13.0. The molecule has 2 aromatic heterocycles. The number of benzene rings is 1. The predicted molar refractivity (Wildman–Crippen MR) is 109 cm³/mol. The van der Waals surface area contributed by atoms with Crippen LogP contribution in [-0.2, 0) is 6.54 Å². The molecule has 0 bridgehead atoms. The highest BCUT2D eigenvalue weighted by atomic mass is 35.5. The van der Waals surface area contributed by atoms with Gasteiger partial charge in [0.2, 0.25) is 11.8 Å². The number of fused-ring (bicyclic) bond motifs is 1. The molecule has 0 amide bonds. The average Bonchev–Trinajstić information content (AvgIpc) is 3.19. The predicted octanol–water partition coefficient (Wildman–Crippen LogP) is 4.36. The minimum Gasteiger partial charge on any atom is -0.492 e. The third kappa shape index (κ3) is 4.27. The molecule has 0 radical (unpaired) electrons. The minimum atomic E-state index is -0.292. The molecule has 140 valence electrons. The van der Waals surface area contributed by atoms with Gasteiger partial charge in [0.25, 0.3) is 0 Å². The fourth-order valence-corrected chi connectivity index (χ4v) is 2.58. The van der Waals surface area contributed by atoms with Gasteiger partial charge in [-0.3, -0.25) is 0 Å². The van der Waals surface area contributed by atoms with Gasteiger partial charge >= 0.3 is 0 Å². The zero-order valence-electron chi connectivity index (χ0n) is 13.9. The van der Waals surface area contributed by atoms with Crippen molar-refractivity contribution in [3.63, 3.8) is 0 Å². The van der Waals surface area contributed by atoms with E-state index in [1.54, 1.807) is 36.7 Å². The zero-order valence-corrected chi connectivity index (χ0v) is 15.5. The fraction of sp³-hybridized carbons (Fsp3) is 0.0556. The van der Waals surface area contributed by atoms with E-state index in [1.807, 2.05) is 12.1 Å². The van der Waals surface area contributed by atoms with E-state index >= 15 is 0 Å². The number of halogens is 3. The summed E-state index contributed by atoms with van der Waals surface area (Å²) in [7, 11) is 0. The van der Waals surface area contributed by atoms with Crippen LogP contribution in [0.3, 0.4) is 0 Å². The Hall–Kier alpha value is -2.90. The molecule has 0 spiro atoms. The summed E-state index contributed by atoms with van der Waals surface area (Å²) in [4.78, 5) is 15.4. The molecule has 0 fully saturated rings. The lowest BCUT2D eigenvalue weighted by molar-refractivity contribution is 0.455. The summed E-state index contributed by atoms with van der Waals surface area (Å²) in [5.41, 5.74) is 2.66. The van der Waals surface area contributed by atoms with Gasteiger partial charge < -0.3 is 15.4 Å². The Morgan fingerprint density at radius 2 is 1.96 bits per heavy atom. The number of H-pyrrole nitrogens is 1. The van der Waals surface area contributed by atoms with Gasteiger partial charge in [-0.15, -0.1) is 24.8 Å². The van der Waals surface area contributed by atoms with Crippen LogP contribution in [0.1, 0.15) is 16.8 Å². The number of aromatic amines is 1. The number of rotatable bonds is 4. The van der Waals surface area contributed by atoms with Gasteiger partial charge in [-0.05, 0) is 24.3 Å². The van der Waals surface area contributed by atoms with Crippen LogP contribution in [0.2, 0.25) is 0 Å². The topological polar surface area (TPSA) is 86.2 Å². The van der Waals surface area contributed by atoms with Gasteiger partial charge in [0.1, 0.15) is 11.5 Å². The second-order valence-corrected chi connectivity index (χ2v) is 5.50. The van der Waals surface area contributed by atoms with Crippen molar-refractivity contribution in [1.82, 2.24) is 15.0 Å². The van der Waals surface area contributed by atoms with Crippen molar-refractivity contribution >= 4 is 54.4 Å². The Morgan fingerprint density at radius 3 is 2.78 bits per heavy atom. The van der Waals surface area contributed by atoms with Crippen molar-refractivity contribution in [1.29, 1.82) is 0 Å². The van der Waals surface area contributed by atoms with E-state index in [0.29, 0.717) is 23.0 Å². The molecule has 3 heterocycles. The first-order valence-corrected chi connectivity index (χ1v) is 7.68. The molecule has 3 N–H and O–H groups in total. The summed E-state index contributed by atoms with van der Waals surface area (Å²) in [6.45, 7) is 0.254. The van der Waals surface area contributed by atoms with Gasteiger partial charge in [-0.2, -0.15) is 4.98 Å². The first-order valence-electron chi connectivity index (χ1n) is 7.68. The fourth-order valence-electron chi connectivity index (χ4n) is 2.58. The maximum atomic E-state index is 13.6. The molecule has 0 unspecified atom stereocenters. The molecule has 1 aliphatic heterocycles. The lowest BCUT2D eigenvalue weighted by atomic mass is 10.1. The molecule has 1 aliphatic rings. The van der Waals surface area contributed by atoms with Crippen LogP contribution in [0.25, 0.3) is 11.6 Å². The molecule has 3 aromatic rings. The van der Waals surface area contributed by atoms with Crippen molar-refractivity contribution in [3.05, 3.63) is 65.2 Å². The molecule has 0 atom stereocenters. The molecule has 0 aliphatic carbocycles. The molecule has 27 heavy (non-hydrogen) atoms. The Labute approximate surface area is 167 Å². The van der Waals surface area contributed by atoms with Crippen LogP contribution in [0, 0.1) is 5.82 Å². The maximum Gasteiger partial charge on any atom is 0.238 e. The first-order chi connectivity index (χ1) is 12.2. The van der Waals surface area contributed by atoms with Crippen molar-refractivity contribution in [2.45, 2.75) is 6.54 Å². The minimum absolute atomic E-state index is 0. The number of nitrogens with one attached hydrogen (secondary N) is 2. The Bertz CT molecular complexity index is 1000. The highest BCUT2D eigenvalue weighted by Gasteiger charge is 2.15. The van der Waals surface area contributed by atoms with Gasteiger partial charge in [-0.1, -0.05) is 18.2 Å². The number of hydrogen-bond acceptors (Lipinski definition) is 5. The van der Waals surface area contributed by atoms with E-state index in [4.69, 9.17) is 0 Å². The van der Waals surface area contributed by atoms with Gasteiger partial charge in [-0.25, -0.2) is 14.4 Å². The third-order valence-corrected chi connectivity index (χ3v) is 3.84. The molecule has 6 nitrogen and oxygen atoms in total. The summed E-state index contributed by atoms with van der Waals surface area (Å²) in [5, 5.41) is 13.0. The number of hydrogen-bond donors (Lipinski definition) is 3. The molecular weight excluding hydrogens is 392 g/mol. The largest absolute Gasteiger partial charge is 0.492 e. The smallest absolute Gasteiger partial charge is 0.238 e. The summed E-state index contributed by atoms with van der Waals surface area (Å²) >= 11 is 0. The van der Waals surface area contributed by atoms with Crippen LogP contribution in [0.4, 0.5) is 16.2 Å². The molecule has 0 saturated carbocycles. The molecular formula is C18H16Cl2FN5O. The standard InChI is InChI=1S/C18H14FN5O.2ClH/c19-14-6-2-1-4-11(14)9-22-18-23-15(17(25)24-18)8-12-10-21-16-13(12)5-3-7-20-16;;/h1-8,10,25H,9H2,(H2,22,23,24);2*1H. The number of pyridine rings is 1. The monoisotopic (exact) mass is 407 g/mol. The van der Waals surface area contributed by atoms with Crippen LogP contribution >= 0.6 is 24.8 Å². The summed E-state index contributed by atoms with van der Waals surface area (Å²) in [5.74, 6) is 0.563. The molecule has 9 heteroatoms. The zero-order chi connectivity index (χ0) is 17.2. The number of allylic oxidation sites excluding steroid dienone is 1. The second-order valence-electron chi connectivity index (χ2n) is 5.50. The summed E-state index contributed by atoms with van der Waals surface area (Å²) < 4.78 is 13.6. The van der Waals surface area contributed by atoms with Crippen LogP contribution in [0.15, 0.2) is 47.6 Å². The molecule has 0 saturated heterocycles. The van der Waals surface area contributed by atoms with Crippen molar-refractivity contribution in [2.75, 3.05) is 5.32 Å². The number of nitrogens with zero attached hydrogens (tertiary/aromatic N) is 3. The Kier molecular flexibility index (Phi) is 6.55. The number of aliphatic imine (C=N–C) groups is 1. The van der Waals surface area contributed by atoms with Gasteiger partial charge in [0.15, 0.2) is 5.82 Å². The van der Waals surface area contributed by atoms with E-state index in [-0.39, 0.29) is 43.1 Å². The lowest BCUT2D eigenvalue weighted by Gasteiger charge is -2.03. The number of imidazole rings is 1. The number of anilines is 1. The highest BCUT2D eigenvalue weighted by molar-refractivity contribution is 6.20. The molecule has 1 aromatic carbocycles. The quantitative estimate of drug-likeness (QED) is 0.599. The highest BCUT2D eigenvalue weighted by Crippen LogP contribution is 2.31. The van der Waals surface area contributed by atoms with E-state index in [0.717, 1.165) is 11.1 Å². The summed E-state index contributed by atoms with van der Waals surface area (Å²) in [6.07, 6.45) is 5.11. The SMILES string of the molecule is Cl.Cl.Oc1nc(NCc2ccccc2F)[nH]c1C=C1C=Nc2ncccc21. The Balaban J connectivity index is 0.00000131. The van der Waals surface area contributed by atoms with Crippen molar-refractivity contribution in [3.8, 4) is 5.88 Å². The second kappa shape index (κ2) is 8.66. The van der Waals surface area contributed by atoms with E-state index in [2.05, 4.69) is 25.3 Å². The first kappa shape index (κ1) is 20.4. The molecule has 4 rings (SSSR count). The van der Waals surface area contributed by atoms with Crippen LogP contribution in [-0.4, -0.2) is 26.3 Å². The van der Waals surface area contributed by atoms with Crippen LogP contribution < -0.4 is 5.32 Å². The third-order valence-electron chi connectivity index (χ3n) is 3.84. The Morgan fingerprint density at radius 1 is 1.15 bits per heavy atom. The van der Waals surface area contributed by atoms with Crippen molar-refractivity contribution < 1.29 is 9.50 Å². The van der Waals surface area contributed by atoms with E-state index in [1.165, 1.54) is 6.07 Å². The lowest BCUT2D eigenvalue weighted by Crippen LogP contribution is -2.02. The van der Waals surface area contributed by atoms with Gasteiger partial charge in [0.05, 0.1) is 0 Å². The number of aromatic hydroxyl groups is 1. The number of aromatic nitrogens is 3.